The zero-order valence-electron chi connectivity index (χ0n) is 10.5. The van der Waals surface area contributed by atoms with Gasteiger partial charge in [-0.15, -0.1) is 0 Å². The predicted molar refractivity (Wildman–Crippen MR) is 66.4 cm³/mol. The van der Waals surface area contributed by atoms with Crippen molar-refractivity contribution in [3.05, 3.63) is 28.7 Å². The lowest BCUT2D eigenvalue weighted by Crippen LogP contribution is -2.44. The van der Waals surface area contributed by atoms with Crippen molar-refractivity contribution in [2.75, 3.05) is 7.05 Å². The summed E-state index contributed by atoms with van der Waals surface area (Å²) in [6.45, 7) is 5.64. The van der Waals surface area contributed by atoms with Crippen molar-refractivity contribution in [3.63, 3.8) is 0 Å². The Morgan fingerprint density at radius 2 is 1.94 bits per heavy atom. The van der Waals surface area contributed by atoms with Crippen LogP contribution >= 0.6 is 0 Å². The molecule has 0 unspecified atom stereocenters. The predicted octanol–water partition coefficient (Wildman–Crippen LogP) is 1.18. The van der Waals surface area contributed by atoms with Crippen LogP contribution in [0.15, 0.2) is 28.0 Å². The maximum absolute atomic E-state index is 12.3. The first-order valence-corrected chi connectivity index (χ1v) is 6.83. The largest absolute Gasteiger partial charge is 0.328 e. The van der Waals surface area contributed by atoms with Crippen molar-refractivity contribution in [1.29, 1.82) is 0 Å². The average molecular weight is 258 g/mol. The van der Waals surface area contributed by atoms with E-state index < -0.39 is 15.6 Å². The molecule has 1 rings (SSSR count). The number of rotatable bonds is 4. The van der Waals surface area contributed by atoms with Gasteiger partial charge in [-0.3, -0.25) is 4.79 Å². The van der Waals surface area contributed by atoms with Crippen molar-refractivity contribution in [2.24, 2.45) is 0 Å². The van der Waals surface area contributed by atoms with Gasteiger partial charge < -0.3 is 4.98 Å². The van der Waals surface area contributed by atoms with Crippen LogP contribution in [-0.4, -0.2) is 30.3 Å². The van der Waals surface area contributed by atoms with Crippen molar-refractivity contribution >= 4 is 10.0 Å². The highest BCUT2D eigenvalue weighted by atomic mass is 32.2. The summed E-state index contributed by atoms with van der Waals surface area (Å²) in [5.74, 6) is 0. The minimum absolute atomic E-state index is 0.0983. The van der Waals surface area contributed by atoms with Gasteiger partial charge in [-0.25, -0.2) is 8.42 Å². The molecule has 0 saturated heterocycles. The second-order valence-corrected chi connectivity index (χ2v) is 6.50. The lowest BCUT2D eigenvalue weighted by atomic mass is 10.0. The van der Waals surface area contributed by atoms with Crippen LogP contribution in [0.1, 0.15) is 27.2 Å². The highest BCUT2D eigenvalue weighted by molar-refractivity contribution is 7.89. The smallest absolute Gasteiger partial charge is 0.247 e. The Labute approximate surface area is 102 Å². The molecule has 0 aliphatic heterocycles. The Morgan fingerprint density at radius 1 is 1.35 bits per heavy atom. The molecule has 17 heavy (non-hydrogen) atoms. The van der Waals surface area contributed by atoms with Gasteiger partial charge >= 0.3 is 0 Å². The molecule has 0 aliphatic carbocycles. The zero-order chi connectivity index (χ0) is 13.3. The molecule has 0 aliphatic rings. The average Bonchev–Trinajstić information content (AvgIpc) is 2.28. The van der Waals surface area contributed by atoms with Crippen molar-refractivity contribution in [3.8, 4) is 0 Å². The molecule has 0 spiro atoms. The van der Waals surface area contributed by atoms with E-state index in [1.54, 1.807) is 7.05 Å². The number of pyridine rings is 1. The highest BCUT2D eigenvalue weighted by Gasteiger charge is 2.32. The third-order valence-corrected chi connectivity index (χ3v) is 5.20. The maximum Gasteiger partial charge on any atom is 0.247 e. The van der Waals surface area contributed by atoms with Gasteiger partial charge in [0, 0.05) is 24.8 Å². The first-order chi connectivity index (χ1) is 7.71. The quantitative estimate of drug-likeness (QED) is 0.881. The Balaban J connectivity index is 3.20. The van der Waals surface area contributed by atoms with Crippen LogP contribution < -0.4 is 5.56 Å². The van der Waals surface area contributed by atoms with Crippen LogP contribution in [0, 0.1) is 0 Å². The van der Waals surface area contributed by atoms with Gasteiger partial charge in [-0.2, -0.15) is 4.31 Å². The number of hydrogen-bond donors (Lipinski definition) is 1. The first-order valence-electron chi connectivity index (χ1n) is 5.39. The molecular formula is C11H18N2O3S. The van der Waals surface area contributed by atoms with Crippen LogP contribution in [0.25, 0.3) is 0 Å². The minimum atomic E-state index is -3.56. The summed E-state index contributed by atoms with van der Waals surface area (Å²) >= 11 is 0. The van der Waals surface area contributed by atoms with Crippen LogP contribution in [0.2, 0.25) is 0 Å². The molecule has 1 N–H and O–H groups in total. The molecular weight excluding hydrogens is 240 g/mol. The van der Waals surface area contributed by atoms with E-state index in [0.717, 1.165) is 0 Å². The number of nitrogens with zero attached hydrogens (tertiary/aromatic N) is 1. The van der Waals surface area contributed by atoms with Gasteiger partial charge in [0.05, 0.1) is 4.90 Å². The molecule has 0 bridgehead atoms. The summed E-state index contributed by atoms with van der Waals surface area (Å²) in [6.07, 6.45) is 1.92. The van der Waals surface area contributed by atoms with E-state index >= 15 is 0 Å². The van der Waals surface area contributed by atoms with E-state index in [2.05, 4.69) is 4.98 Å². The summed E-state index contributed by atoms with van der Waals surface area (Å²) in [5.41, 5.74) is -0.782. The number of sulfonamides is 1. The Bertz CT molecular complexity index is 526. The molecule has 6 heteroatoms. The molecule has 0 aromatic carbocycles. The topological polar surface area (TPSA) is 70.2 Å². The van der Waals surface area contributed by atoms with Crippen molar-refractivity contribution in [1.82, 2.24) is 9.29 Å². The van der Waals surface area contributed by atoms with Gasteiger partial charge in [0.2, 0.25) is 15.6 Å². The summed E-state index contributed by atoms with van der Waals surface area (Å²) in [5, 5.41) is 0. The zero-order valence-corrected chi connectivity index (χ0v) is 11.3. The lowest BCUT2D eigenvalue weighted by molar-refractivity contribution is 0.257. The Hall–Kier alpha value is -1.14. The molecule has 1 heterocycles. The van der Waals surface area contributed by atoms with E-state index in [1.807, 2.05) is 20.8 Å². The van der Waals surface area contributed by atoms with E-state index in [9.17, 15) is 13.2 Å². The third-order valence-electron chi connectivity index (χ3n) is 3.13. The van der Waals surface area contributed by atoms with E-state index in [0.29, 0.717) is 6.42 Å². The molecule has 96 valence electrons. The second-order valence-electron chi connectivity index (χ2n) is 4.53. The van der Waals surface area contributed by atoms with Crippen LogP contribution in [0.5, 0.6) is 0 Å². The third kappa shape index (κ3) is 2.76. The van der Waals surface area contributed by atoms with Gasteiger partial charge in [-0.1, -0.05) is 6.92 Å². The summed E-state index contributed by atoms with van der Waals surface area (Å²) < 4.78 is 25.8. The van der Waals surface area contributed by atoms with Crippen LogP contribution in [0.4, 0.5) is 0 Å². The molecule has 0 saturated carbocycles. The monoisotopic (exact) mass is 258 g/mol. The van der Waals surface area contributed by atoms with Crippen molar-refractivity contribution < 1.29 is 8.42 Å². The molecule has 1 aromatic rings. The number of H-pyrrole nitrogens is 1. The molecule has 0 fully saturated rings. The Morgan fingerprint density at radius 3 is 2.35 bits per heavy atom. The normalized spacial score (nSPS) is 13.0. The minimum Gasteiger partial charge on any atom is -0.328 e. The molecule has 1 aromatic heterocycles. The molecule has 0 atom stereocenters. The van der Waals surface area contributed by atoms with Gasteiger partial charge in [0.1, 0.15) is 0 Å². The van der Waals surface area contributed by atoms with Gasteiger partial charge in [0.15, 0.2) is 0 Å². The van der Waals surface area contributed by atoms with E-state index in [-0.39, 0.29) is 10.5 Å². The molecule has 5 nitrogen and oxygen atoms in total. The van der Waals surface area contributed by atoms with Crippen LogP contribution in [0.3, 0.4) is 0 Å². The number of nitrogens with one attached hydrogen (secondary N) is 1. The SMILES string of the molecule is CCC(C)(C)N(C)S(=O)(=O)c1ccc(=O)[nH]c1. The van der Waals surface area contributed by atoms with Gasteiger partial charge in [-0.05, 0) is 26.3 Å². The summed E-state index contributed by atoms with van der Waals surface area (Å²) in [4.78, 5) is 13.4. The fourth-order valence-electron chi connectivity index (χ4n) is 1.26. The fraction of sp³-hybridized carbons (Fsp3) is 0.545. The number of aromatic amines is 1. The van der Waals surface area contributed by atoms with Gasteiger partial charge in [0.25, 0.3) is 0 Å². The summed E-state index contributed by atoms with van der Waals surface area (Å²) in [6, 6.07) is 2.52. The molecule has 0 radical (unpaired) electrons. The van der Waals surface area contributed by atoms with Crippen LogP contribution in [-0.2, 0) is 10.0 Å². The summed E-state index contributed by atoms with van der Waals surface area (Å²) in [7, 11) is -2.02. The second kappa shape index (κ2) is 4.62. The van der Waals surface area contributed by atoms with E-state index in [4.69, 9.17) is 0 Å². The lowest BCUT2D eigenvalue weighted by Gasteiger charge is -2.33. The maximum atomic E-state index is 12.3. The molecule has 0 amide bonds. The number of hydrogen-bond acceptors (Lipinski definition) is 3. The number of aromatic nitrogens is 1. The fourth-order valence-corrected chi connectivity index (χ4v) is 2.81. The van der Waals surface area contributed by atoms with E-state index in [1.165, 1.54) is 22.6 Å². The first kappa shape index (κ1) is 13.9. The standard InChI is InChI=1S/C11H18N2O3S/c1-5-11(2,3)13(4)17(15,16)9-6-7-10(14)12-8-9/h6-8H,5H2,1-4H3,(H,12,14). The Kier molecular flexibility index (Phi) is 3.78. The highest BCUT2D eigenvalue weighted by Crippen LogP contribution is 2.24. The van der Waals surface area contributed by atoms with Crippen molar-refractivity contribution in [2.45, 2.75) is 37.6 Å².